The molecule has 5 nitrogen and oxygen atoms in total. The minimum absolute atomic E-state index is 0.402. The predicted molar refractivity (Wildman–Crippen MR) is 139 cm³/mol. The number of rotatable bonds is 4. The van der Waals surface area contributed by atoms with Crippen LogP contribution in [0.5, 0.6) is 0 Å². The van der Waals surface area contributed by atoms with Crippen LogP contribution in [-0.2, 0) is 11.0 Å². The van der Waals surface area contributed by atoms with Crippen molar-refractivity contribution in [2.24, 2.45) is 0 Å². The molecule has 3 N–H and O–H groups in total. The van der Waals surface area contributed by atoms with Crippen LogP contribution in [0.2, 0.25) is 0 Å². The Balaban J connectivity index is -0.000000835. The van der Waals surface area contributed by atoms with Crippen LogP contribution in [0.1, 0.15) is 99.2 Å². The molecule has 34 heavy (non-hydrogen) atoms. The van der Waals surface area contributed by atoms with Crippen molar-refractivity contribution in [3.05, 3.63) is 57.9 Å². The van der Waals surface area contributed by atoms with Gasteiger partial charge in [-0.05, 0) is 18.6 Å². The molecular weight excluding hydrogens is 443 g/mol. The van der Waals surface area contributed by atoms with Crippen LogP contribution in [-0.4, -0.2) is 10.9 Å². The molecule has 8 heteroatoms. The van der Waals surface area contributed by atoms with Gasteiger partial charge in [0.25, 0.3) is 5.56 Å². The lowest BCUT2D eigenvalue weighted by Gasteiger charge is -2.28. The first-order valence-electron chi connectivity index (χ1n) is 12.0. The maximum atomic E-state index is 13.0. The molecule has 0 radical (unpaired) electrons. The smallest absolute Gasteiger partial charge is 0.385 e. The summed E-state index contributed by atoms with van der Waals surface area (Å²) in [6, 6.07) is 8.65. The van der Waals surface area contributed by atoms with Gasteiger partial charge < -0.3 is 15.6 Å². The molecular formula is C26H44F3N3O2. The molecule has 0 saturated carbocycles. The van der Waals surface area contributed by atoms with Crippen LogP contribution in [0.3, 0.4) is 0 Å². The number of unbranched alkanes of at least 4 members (excludes halogenated alkanes) is 1. The second kappa shape index (κ2) is 19.7. The average molecular weight is 488 g/mol. The highest BCUT2D eigenvalue weighted by molar-refractivity contribution is 5.92. The number of benzene rings is 1. The Bertz CT molecular complexity index is 833. The number of nitrogens with one attached hydrogen (secondary N) is 1. The number of hydrogen-bond acceptors (Lipinski definition) is 3. The second-order valence-electron chi connectivity index (χ2n) is 6.28. The molecule has 0 aliphatic carbocycles. The number of nitrogens with zero attached hydrogens (tertiary/aromatic N) is 1. The maximum absolute atomic E-state index is 13.0. The molecule has 1 aromatic heterocycles. The summed E-state index contributed by atoms with van der Waals surface area (Å²) in [7, 11) is 0. The zero-order valence-corrected chi connectivity index (χ0v) is 22.4. The fourth-order valence-corrected chi connectivity index (χ4v) is 2.48. The van der Waals surface area contributed by atoms with Crippen molar-refractivity contribution in [3.8, 4) is 0 Å². The number of aromatic amines is 1. The molecule has 2 rings (SSSR count). The van der Waals surface area contributed by atoms with Gasteiger partial charge in [-0.25, -0.2) is 0 Å². The van der Waals surface area contributed by atoms with E-state index in [0.717, 1.165) is 4.90 Å². The van der Waals surface area contributed by atoms with Gasteiger partial charge >= 0.3 is 6.18 Å². The van der Waals surface area contributed by atoms with Gasteiger partial charge in [-0.15, -0.1) is 0 Å². The van der Waals surface area contributed by atoms with E-state index in [-0.39, 0.29) is 0 Å². The first-order chi connectivity index (χ1) is 16.0. The summed E-state index contributed by atoms with van der Waals surface area (Å²) in [4.78, 5) is 27.1. The van der Waals surface area contributed by atoms with Crippen LogP contribution in [0.4, 0.5) is 24.7 Å². The van der Waals surface area contributed by atoms with E-state index in [1.165, 1.54) is 19.8 Å². The molecule has 0 saturated heterocycles. The number of halogens is 3. The average Bonchev–Trinajstić information content (AvgIpc) is 2.84. The molecule has 1 heterocycles. The summed E-state index contributed by atoms with van der Waals surface area (Å²) < 4.78 is 39.1. The Kier molecular flexibility index (Phi) is 20.7. The lowest BCUT2D eigenvalue weighted by molar-refractivity contribution is -0.137. The number of nitrogen functional groups attached to an aromatic ring is 1. The van der Waals surface area contributed by atoms with Gasteiger partial charge in [0.1, 0.15) is 11.5 Å². The van der Waals surface area contributed by atoms with Gasteiger partial charge in [-0.2, -0.15) is 13.2 Å². The highest BCUT2D eigenvalue weighted by Gasteiger charge is 2.36. The Morgan fingerprint density at radius 3 is 1.79 bits per heavy atom. The van der Waals surface area contributed by atoms with Crippen molar-refractivity contribution in [2.45, 2.75) is 94.3 Å². The summed E-state index contributed by atoms with van der Waals surface area (Å²) in [5.74, 6) is -1.35. The highest BCUT2D eigenvalue weighted by Crippen LogP contribution is 2.35. The van der Waals surface area contributed by atoms with Gasteiger partial charge in [0.15, 0.2) is 0 Å². The second-order valence-corrected chi connectivity index (χ2v) is 6.28. The molecule has 0 fully saturated rings. The fourth-order valence-electron chi connectivity index (χ4n) is 2.48. The van der Waals surface area contributed by atoms with Crippen molar-refractivity contribution in [2.75, 3.05) is 10.6 Å². The van der Waals surface area contributed by atoms with E-state index in [1.807, 2.05) is 46.5 Å². The largest absolute Gasteiger partial charge is 0.419 e. The van der Waals surface area contributed by atoms with Crippen LogP contribution >= 0.6 is 0 Å². The molecule has 1 aromatic carbocycles. The van der Waals surface area contributed by atoms with E-state index in [9.17, 15) is 22.8 Å². The number of alkyl halides is 3. The number of anilines is 2. The van der Waals surface area contributed by atoms with Crippen molar-refractivity contribution in [3.63, 3.8) is 0 Å². The van der Waals surface area contributed by atoms with E-state index in [0.29, 0.717) is 11.6 Å². The molecule has 0 aliphatic rings. The standard InChI is InChI=1S/C16H16F3N3O2.C4H10.3C2H6/c1-9(11-6-4-3-5-7-11)22(10(2)23)13-8-12(16(17,18)19)14(20)21-15(13)24;1-3-4-2;3*1-2/h3-9H,1-2H3,(H3,20,21,24);3-4H2,1-2H3;3*1-2H3. The van der Waals surface area contributed by atoms with Crippen molar-refractivity contribution >= 4 is 17.4 Å². The van der Waals surface area contributed by atoms with Crippen molar-refractivity contribution in [1.82, 2.24) is 4.98 Å². The monoisotopic (exact) mass is 487 g/mol. The summed E-state index contributed by atoms with van der Waals surface area (Å²) in [6.07, 6.45) is -2.11. The normalized spacial score (nSPS) is 10.4. The third-order valence-electron chi connectivity index (χ3n) is 4.13. The summed E-state index contributed by atoms with van der Waals surface area (Å²) in [5, 5.41) is 0. The maximum Gasteiger partial charge on any atom is 0.419 e. The fraction of sp³-hybridized carbons (Fsp3) is 0.538. The molecule has 1 unspecified atom stereocenters. The summed E-state index contributed by atoms with van der Waals surface area (Å²) >= 11 is 0. The van der Waals surface area contributed by atoms with Crippen LogP contribution in [0.15, 0.2) is 41.2 Å². The Labute approximate surface area is 203 Å². The number of H-pyrrole nitrogens is 1. The molecule has 2 aromatic rings. The zero-order valence-electron chi connectivity index (χ0n) is 22.4. The molecule has 1 atom stereocenters. The van der Waals surface area contributed by atoms with Crippen molar-refractivity contribution in [1.29, 1.82) is 0 Å². The Morgan fingerprint density at radius 1 is 1.00 bits per heavy atom. The number of aromatic nitrogens is 1. The minimum Gasteiger partial charge on any atom is -0.385 e. The van der Waals surface area contributed by atoms with Gasteiger partial charge in [-0.1, -0.05) is 98.6 Å². The molecule has 196 valence electrons. The molecule has 0 spiro atoms. The van der Waals surface area contributed by atoms with Crippen LogP contribution in [0, 0.1) is 0 Å². The zero-order chi connectivity index (χ0) is 27.5. The predicted octanol–water partition coefficient (Wildman–Crippen LogP) is 7.98. The number of pyridine rings is 1. The number of carbonyl (C=O) groups excluding carboxylic acids is 1. The van der Waals surface area contributed by atoms with Crippen molar-refractivity contribution < 1.29 is 18.0 Å². The van der Waals surface area contributed by atoms with E-state index >= 15 is 0 Å². The van der Waals surface area contributed by atoms with E-state index in [4.69, 9.17) is 5.73 Å². The molecule has 0 aliphatic heterocycles. The van der Waals surface area contributed by atoms with E-state index in [1.54, 1.807) is 37.3 Å². The third kappa shape index (κ3) is 11.9. The number of amides is 1. The number of nitrogens with two attached hydrogens (primary N) is 1. The van der Waals surface area contributed by atoms with Gasteiger partial charge in [0, 0.05) is 6.92 Å². The van der Waals surface area contributed by atoms with E-state index in [2.05, 4.69) is 13.8 Å². The SMILES string of the molecule is CC.CC.CC.CC(=O)N(c1cc(C(F)(F)F)c(N)[nH]c1=O)C(C)c1ccccc1.CCCC. The number of hydrogen-bond donors (Lipinski definition) is 2. The Hall–Kier alpha value is -2.77. The topological polar surface area (TPSA) is 79.2 Å². The highest BCUT2D eigenvalue weighted by atomic mass is 19.4. The van der Waals surface area contributed by atoms with Gasteiger partial charge in [0.2, 0.25) is 5.91 Å². The van der Waals surface area contributed by atoms with Gasteiger partial charge in [0.05, 0.1) is 11.6 Å². The molecule has 1 amide bonds. The number of carbonyl (C=O) groups is 1. The summed E-state index contributed by atoms with van der Waals surface area (Å²) in [5.41, 5.74) is 3.48. The third-order valence-corrected chi connectivity index (χ3v) is 4.13. The first-order valence-corrected chi connectivity index (χ1v) is 12.0. The first kappa shape index (κ1) is 35.8. The molecule has 0 bridgehead atoms. The van der Waals surface area contributed by atoms with Crippen LogP contribution < -0.4 is 16.2 Å². The Morgan fingerprint density at radius 2 is 1.44 bits per heavy atom. The lowest BCUT2D eigenvalue weighted by atomic mass is 10.1. The van der Waals surface area contributed by atoms with E-state index < -0.39 is 40.8 Å². The van der Waals surface area contributed by atoms with Crippen LogP contribution in [0.25, 0.3) is 0 Å². The minimum atomic E-state index is -4.75. The summed E-state index contributed by atoms with van der Waals surface area (Å²) in [6.45, 7) is 19.2. The lowest BCUT2D eigenvalue weighted by Crippen LogP contribution is -2.36. The van der Waals surface area contributed by atoms with Gasteiger partial charge in [-0.3, -0.25) is 9.59 Å². The quantitative estimate of drug-likeness (QED) is 0.459.